The zero-order valence-electron chi connectivity index (χ0n) is 5.86. The average Bonchev–Trinajstić information content (AvgIpc) is 2.29. The standard InChI is InChI=1S/C8H7NOS/c1-11(10)8-5-3-2-4-7(8)6-9-11/h2-6H,1H2. The minimum Gasteiger partial charge on any atom is -0.240 e. The van der Waals surface area contributed by atoms with Crippen LogP contribution in [0.15, 0.2) is 33.6 Å². The molecule has 2 nitrogen and oxygen atoms in total. The van der Waals surface area contributed by atoms with Gasteiger partial charge in [0.1, 0.15) is 0 Å². The lowest BCUT2D eigenvalue weighted by molar-refractivity contribution is 0.683. The quantitative estimate of drug-likeness (QED) is 0.529. The van der Waals surface area contributed by atoms with Crippen LogP contribution < -0.4 is 0 Å². The van der Waals surface area contributed by atoms with Crippen LogP contribution in [0.25, 0.3) is 0 Å². The summed E-state index contributed by atoms with van der Waals surface area (Å²) in [5, 5.41) is 0. The van der Waals surface area contributed by atoms with Crippen LogP contribution in [0, 0.1) is 0 Å². The third kappa shape index (κ3) is 0.886. The second kappa shape index (κ2) is 1.95. The fraction of sp³-hybridized carbons (Fsp3) is 0. The highest BCUT2D eigenvalue weighted by molar-refractivity contribution is 7.99. The Bertz CT molecular complexity index is 417. The van der Waals surface area contributed by atoms with E-state index in [0.717, 1.165) is 10.5 Å². The van der Waals surface area contributed by atoms with Crippen molar-refractivity contribution in [1.82, 2.24) is 0 Å². The number of hydrogen-bond acceptors (Lipinski definition) is 1. The topological polar surface area (TPSA) is 29.4 Å². The first-order valence-corrected chi connectivity index (χ1v) is 4.90. The highest BCUT2D eigenvalue weighted by Gasteiger charge is 2.14. The predicted octanol–water partition coefficient (Wildman–Crippen LogP) is 1.11. The number of rotatable bonds is 0. The van der Waals surface area contributed by atoms with E-state index in [1.165, 1.54) is 0 Å². The Kier molecular flexibility index (Phi) is 1.17. The highest BCUT2D eigenvalue weighted by atomic mass is 32.2. The fourth-order valence-electron chi connectivity index (χ4n) is 1.08. The Balaban J connectivity index is 2.84. The minimum absolute atomic E-state index is 0.750. The molecule has 56 valence electrons. The summed E-state index contributed by atoms with van der Waals surface area (Å²) in [5.74, 6) is 3.54. The van der Waals surface area contributed by atoms with Gasteiger partial charge in [-0.15, -0.1) is 0 Å². The van der Waals surface area contributed by atoms with Crippen molar-refractivity contribution >= 4 is 21.8 Å². The van der Waals surface area contributed by atoms with Crippen molar-refractivity contribution in [2.45, 2.75) is 4.90 Å². The summed E-state index contributed by atoms with van der Waals surface area (Å²) >= 11 is 0. The molecule has 1 aromatic carbocycles. The second-order valence-corrected chi connectivity index (χ2v) is 4.34. The van der Waals surface area contributed by atoms with Crippen molar-refractivity contribution in [2.75, 3.05) is 0 Å². The Hall–Kier alpha value is -1.09. The molecule has 0 aromatic heterocycles. The van der Waals surface area contributed by atoms with Crippen LogP contribution in [-0.4, -0.2) is 16.3 Å². The Morgan fingerprint density at radius 3 is 2.82 bits per heavy atom. The maximum absolute atomic E-state index is 11.5. The number of nitrogens with zero attached hydrogens (tertiary/aromatic N) is 1. The molecule has 0 fully saturated rings. The summed E-state index contributed by atoms with van der Waals surface area (Å²) < 4.78 is 15.3. The molecule has 0 saturated heterocycles. The van der Waals surface area contributed by atoms with Crippen molar-refractivity contribution in [3.63, 3.8) is 0 Å². The molecule has 0 radical (unpaired) electrons. The summed E-state index contributed by atoms with van der Waals surface area (Å²) in [6.45, 7) is 0. The molecule has 2 rings (SSSR count). The van der Waals surface area contributed by atoms with Crippen molar-refractivity contribution in [2.24, 2.45) is 4.40 Å². The van der Waals surface area contributed by atoms with Crippen LogP contribution in [-0.2, 0) is 9.71 Å². The van der Waals surface area contributed by atoms with Gasteiger partial charge in [0, 0.05) is 11.8 Å². The lowest BCUT2D eigenvalue weighted by Gasteiger charge is -1.97. The van der Waals surface area contributed by atoms with Crippen molar-refractivity contribution < 1.29 is 4.21 Å². The molecule has 1 aliphatic heterocycles. The molecular weight excluding hydrogens is 158 g/mol. The number of benzene rings is 1. The summed E-state index contributed by atoms with van der Waals surface area (Å²) in [5.41, 5.74) is 0.924. The third-order valence-electron chi connectivity index (χ3n) is 1.62. The van der Waals surface area contributed by atoms with Crippen LogP contribution in [0.5, 0.6) is 0 Å². The van der Waals surface area contributed by atoms with Gasteiger partial charge in [0.2, 0.25) is 0 Å². The lowest BCUT2D eigenvalue weighted by Crippen LogP contribution is -1.91. The van der Waals surface area contributed by atoms with Crippen LogP contribution in [0.4, 0.5) is 0 Å². The van der Waals surface area contributed by atoms with Gasteiger partial charge in [-0.25, -0.2) is 4.21 Å². The van der Waals surface area contributed by atoms with Crippen molar-refractivity contribution in [3.8, 4) is 0 Å². The van der Waals surface area contributed by atoms with E-state index in [2.05, 4.69) is 10.3 Å². The third-order valence-corrected chi connectivity index (χ3v) is 3.13. The SMILES string of the molecule is C=S1(=O)N=Cc2ccccc21. The van der Waals surface area contributed by atoms with Crippen molar-refractivity contribution in [3.05, 3.63) is 29.8 Å². The van der Waals surface area contributed by atoms with Gasteiger partial charge >= 0.3 is 0 Å². The van der Waals surface area contributed by atoms with Gasteiger partial charge in [-0.3, -0.25) is 0 Å². The van der Waals surface area contributed by atoms with E-state index in [1.54, 1.807) is 12.3 Å². The maximum atomic E-state index is 11.5. The molecule has 0 aliphatic carbocycles. The van der Waals surface area contributed by atoms with E-state index in [-0.39, 0.29) is 0 Å². The first-order chi connectivity index (χ1) is 5.20. The Morgan fingerprint density at radius 2 is 2.09 bits per heavy atom. The molecule has 1 unspecified atom stereocenters. The van der Waals surface area contributed by atoms with E-state index in [0.29, 0.717) is 0 Å². The summed E-state index contributed by atoms with van der Waals surface area (Å²) in [6.07, 6.45) is 1.62. The van der Waals surface area contributed by atoms with Gasteiger partial charge in [0.15, 0.2) is 0 Å². The van der Waals surface area contributed by atoms with Gasteiger partial charge in [0.25, 0.3) is 0 Å². The largest absolute Gasteiger partial charge is 0.240 e. The molecule has 0 spiro atoms. The molecule has 1 aromatic rings. The average molecular weight is 165 g/mol. The molecule has 3 heteroatoms. The minimum atomic E-state index is -2.34. The molecule has 1 heterocycles. The van der Waals surface area contributed by atoms with E-state index in [1.807, 2.05) is 18.2 Å². The normalized spacial score (nSPS) is 26.9. The Labute approximate surface area is 65.7 Å². The van der Waals surface area contributed by atoms with Crippen LogP contribution >= 0.6 is 0 Å². The van der Waals surface area contributed by atoms with Gasteiger partial charge in [-0.05, 0) is 11.9 Å². The fourth-order valence-corrected chi connectivity index (χ4v) is 2.25. The predicted molar refractivity (Wildman–Crippen MR) is 47.6 cm³/mol. The van der Waals surface area contributed by atoms with Crippen molar-refractivity contribution in [1.29, 1.82) is 0 Å². The zero-order chi connectivity index (χ0) is 7.90. The Morgan fingerprint density at radius 1 is 1.36 bits per heavy atom. The van der Waals surface area contributed by atoms with Gasteiger partial charge in [0.05, 0.1) is 14.6 Å². The molecule has 0 saturated carbocycles. The molecule has 0 bridgehead atoms. The molecule has 1 atom stereocenters. The monoisotopic (exact) mass is 165 g/mol. The van der Waals surface area contributed by atoms with E-state index in [9.17, 15) is 4.21 Å². The number of hydrogen-bond donors (Lipinski definition) is 0. The first kappa shape index (κ1) is 6.61. The maximum Gasteiger partial charge on any atom is 0.0950 e. The van der Waals surface area contributed by atoms with Crippen LogP contribution in [0.2, 0.25) is 0 Å². The lowest BCUT2D eigenvalue weighted by atomic mass is 10.2. The van der Waals surface area contributed by atoms with E-state index < -0.39 is 9.71 Å². The molecule has 1 aliphatic rings. The second-order valence-electron chi connectivity index (χ2n) is 2.41. The zero-order valence-corrected chi connectivity index (χ0v) is 6.67. The first-order valence-electron chi connectivity index (χ1n) is 3.22. The molecule has 0 N–H and O–H groups in total. The molecule has 11 heavy (non-hydrogen) atoms. The van der Waals surface area contributed by atoms with E-state index >= 15 is 0 Å². The number of fused-ring (bicyclic) bond motifs is 1. The van der Waals surface area contributed by atoms with Gasteiger partial charge < -0.3 is 0 Å². The van der Waals surface area contributed by atoms with Crippen LogP contribution in [0.1, 0.15) is 5.56 Å². The van der Waals surface area contributed by atoms with E-state index in [4.69, 9.17) is 0 Å². The van der Waals surface area contributed by atoms with Gasteiger partial charge in [-0.2, -0.15) is 4.40 Å². The summed E-state index contributed by atoms with van der Waals surface area (Å²) in [7, 11) is -2.34. The highest BCUT2D eigenvalue weighted by Crippen LogP contribution is 2.21. The summed E-state index contributed by atoms with van der Waals surface area (Å²) in [6, 6.07) is 7.43. The summed E-state index contributed by atoms with van der Waals surface area (Å²) in [4.78, 5) is 0.750. The van der Waals surface area contributed by atoms with Gasteiger partial charge in [-0.1, -0.05) is 18.2 Å². The smallest absolute Gasteiger partial charge is 0.0950 e. The van der Waals surface area contributed by atoms with Crippen LogP contribution in [0.3, 0.4) is 0 Å². The molecule has 0 amide bonds. The molecular formula is C8H7NOS.